The van der Waals surface area contributed by atoms with Crippen LogP contribution in [0.15, 0.2) is 156 Å². The number of fused-ring (bicyclic) bond motifs is 5. The van der Waals surface area contributed by atoms with Gasteiger partial charge in [-0.3, -0.25) is 0 Å². The molecule has 0 atom stereocenters. The average molecular weight is 708 g/mol. The molecular weight excluding hydrogens is 683 g/mol. The second-order valence-corrected chi connectivity index (χ2v) is 13.1. The first kappa shape index (κ1) is 31.6. The smallest absolute Gasteiger partial charge is 0.181 e. The molecule has 0 radical (unpaired) electrons. The zero-order valence-electron chi connectivity index (χ0n) is 28.9. The highest BCUT2D eigenvalue weighted by Crippen LogP contribution is 2.51. The molecule has 55 heavy (non-hydrogen) atoms. The number of ether oxygens (including phenoxy) is 2. The topological polar surface area (TPSA) is 118 Å². The number of nitrogens with zero attached hydrogens (tertiary/aromatic N) is 5. The maximum absolute atomic E-state index is 9.42. The summed E-state index contributed by atoms with van der Waals surface area (Å²) in [4.78, 5) is 15.0. The number of para-hydroxylation sites is 2. The minimum Gasteiger partial charge on any atom is -0.456 e. The Balaban J connectivity index is 1.07. The lowest BCUT2D eigenvalue weighted by molar-refractivity contribution is 0.361. The van der Waals surface area contributed by atoms with Crippen LogP contribution in [0.5, 0.6) is 23.0 Å². The Morgan fingerprint density at radius 2 is 0.964 bits per heavy atom. The van der Waals surface area contributed by atoms with Gasteiger partial charge in [0.1, 0.15) is 11.2 Å². The summed E-state index contributed by atoms with van der Waals surface area (Å²) in [6.07, 6.45) is 0. The monoisotopic (exact) mass is 707 g/mol. The van der Waals surface area contributed by atoms with Crippen LogP contribution in [0.4, 0.5) is 0 Å². The van der Waals surface area contributed by atoms with Crippen LogP contribution in [0.1, 0.15) is 11.1 Å². The van der Waals surface area contributed by atoms with Crippen LogP contribution in [-0.4, -0.2) is 15.0 Å². The first-order chi connectivity index (χ1) is 27.1. The van der Waals surface area contributed by atoms with Crippen molar-refractivity contribution in [1.82, 2.24) is 15.0 Å². The summed E-state index contributed by atoms with van der Waals surface area (Å²) < 4.78 is 19.2. The molecule has 9 aromatic rings. The third kappa shape index (κ3) is 5.68. The summed E-state index contributed by atoms with van der Waals surface area (Å²) in [5.41, 5.74) is 8.69. The first-order valence-electron chi connectivity index (χ1n) is 17.5. The van der Waals surface area contributed by atoms with Crippen LogP contribution in [0.25, 0.3) is 78.4 Å². The third-order valence-corrected chi connectivity index (χ3v) is 9.67. The molecule has 8 nitrogen and oxygen atoms in total. The van der Waals surface area contributed by atoms with Crippen molar-refractivity contribution in [2.45, 2.75) is 0 Å². The summed E-state index contributed by atoms with van der Waals surface area (Å²) >= 11 is 0. The van der Waals surface area contributed by atoms with Gasteiger partial charge in [0.25, 0.3) is 0 Å². The standard InChI is InChI=1S/C47H25N5O3/c48-26-28-6-3-8-34(22-28)30-14-18-32(19-15-30)45-50-46(33-20-16-31(17-21-33)35-9-4-7-29(23-35)27-49)52-47(51-45)37-11-5-13-40-44(37)55-43-25-41-38(24-42(43)54-40)36-10-1-2-12-39(36)53-41/h1-25H. The molecule has 2 aromatic heterocycles. The fourth-order valence-electron chi connectivity index (χ4n) is 6.91. The number of benzene rings is 7. The number of nitriles is 2. The van der Waals surface area contributed by atoms with E-state index in [2.05, 4.69) is 12.1 Å². The van der Waals surface area contributed by atoms with Crippen molar-refractivity contribution in [2.24, 2.45) is 0 Å². The van der Waals surface area contributed by atoms with Crippen LogP contribution < -0.4 is 9.47 Å². The van der Waals surface area contributed by atoms with E-state index in [9.17, 15) is 10.5 Å². The second kappa shape index (κ2) is 12.9. The largest absolute Gasteiger partial charge is 0.456 e. The van der Waals surface area contributed by atoms with Gasteiger partial charge in [0.15, 0.2) is 40.5 Å². The fourth-order valence-corrected chi connectivity index (χ4v) is 6.91. The van der Waals surface area contributed by atoms with Gasteiger partial charge in [0, 0.05) is 28.0 Å². The van der Waals surface area contributed by atoms with Gasteiger partial charge in [0.2, 0.25) is 0 Å². The van der Waals surface area contributed by atoms with Crippen LogP contribution in [0.2, 0.25) is 0 Å². The molecule has 0 fully saturated rings. The summed E-state index contributed by atoms with van der Waals surface area (Å²) in [6, 6.07) is 52.7. The minimum absolute atomic E-state index is 0.408. The van der Waals surface area contributed by atoms with E-state index in [1.807, 2.05) is 140 Å². The molecule has 256 valence electrons. The Kier molecular flexibility index (Phi) is 7.40. The van der Waals surface area contributed by atoms with Crippen molar-refractivity contribution in [3.05, 3.63) is 163 Å². The Morgan fingerprint density at radius 1 is 0.400 bits per heavy atom. The van der Waals surface area contributed by atoms with Crippen LogP contribution >= 0.6 is 0 Å². The lowest BCUT2D eigenvalue weighted by Crippen LogP contribution is -2.04. The van der Waals surface area contributed by atoms with E-state index < -0.39 is 0 Å². The van der Waals surface area contributed by atoms with Crippen molar-refractivity contribution < 1.29 is 13.9 Å². The normalized spacial score (nSPS) is 11.5. The zero-order valence-corrected chi connectivity index (χ0v) is 28.9. The molecule has 0 N–H and O–H groups in total. The zero-order chi connectivity index (χ0) is 36.9. The quantitative estimate of drug-likeness (QED) is 0.173. The molecular formula is C47H25N5O3. The molecule has 0 bridgehead atoms. The van der Waals surface area contributed by atoms with Gasteiger partial charge in [-0.05, 0) is 70.8 Å². The van der Waals surface area contributed by atoms with Gasteiger partial charge in [-0.25, -0.2) is 15.0 Å². The number of hydrogen-bond donors (Lipinski definition) is 0. The van der Waals surface area contributed by atoms with Crippen molar-refractivity contribution in [1.29, 1.82) is 10.5 Å². The molecule has 0 aliphatic carbocycles. The van der Waals surface area contributed by atoms with Gasteiger partial charge < -0.3 is 13.9 Å². The van der Waals surface area contributed by atoms with E-state index in [1.54, 1.807) is 12.1 Å². The summed E-state index contributed by atoms with van der Waals surface area (Å²) in [5, 5.41) is 20.8. The fraction of sp³-hybridized carbons (Fsp3) is 0. The Hall–Kier alpha value is -8.07. The lowest BCUT2D eigenvalue weighted by atomic mass is 10.0. The molecule has 0 spiro atoms. The molecule has 0 saturated carbocycles. The van der Waals surface area contributed by atoms with Crippen molar-refractivity contribution in [3.63, 3.8) is 0 Å². The highest BCUT2D eigenvalue weighted by molar-refractivity contribution is 6.06. The van der Waals surface area contributed by atoms with Crippen molar-refractivity contribution >= 4 is 21.9 Å². The number of hydrogen-bond acceptors (Lipinski definition) is 8. The van der Waals surface area contributed by atoms with Gasteiger partial charge in [-0.1, -0.05) is 97.1 Å². The molecule has 1 aliphatic rings. The highest BCUT2D eigenvalue weighted by atomic mass is 16.6. The molecule has 0 saturated heterocycles. The van der Waals surface area contributed by atoms with Gasteiger partial charge in [-0.15, -0.1) is 0 Å². The lowest BCUT2D eigenvalue weighted by Gasteiger charge is -2.22. The predicted octanol–water partition coefficient (Wildman–Crippen LogP) is 11.7. The van der Waals surface area contributed by atoms with E-state index in [4.69, 9.17) is 28.8 Å². The van der Waals surface area contributed by atoms with Crippen LogP contribution in [-0.2, 0) is 0 Å². The van der Waals surface area contributed by atoms with E-state index in [-0.39, 0.29) is 0 Å². The number of rotatable bonds is 5. The van der Waals surface area contributed by atoms with E-state index >= 15 is 0 Å². The third-order valence-electron chi connectivity index (χ3n) is 9.67. The van der Waals surface area contributed by atoms with E-state index in [1.165, 1.54) is 0 Å². The molecule has 0 unspecified atom stereocenters. The minimum atomic E-state index is 0.408. The van der Waals surface area contributed by atoms with Crippen molar-refractivity contribution in [3.8, 4) is 91.6 Å². The summed E-state index contributed by atoms with van der Waals surface area (Å²) in [7, 11) is 0. The SMILES string of the molecule is N#Cc1cccc(-c2ccc(-c3nc(-c4ccc(-c5cccc(C#N)c5)cc4)nc(-c4cccc5c4Oc4cc6oc7ccccc7c6cc4O5)n3)cc2)c1. The molecule has 8 heteroatoms. The summed E-state index contributed by atoms with van der Waals surface area (Å²) in [6.45, 7) is 0. The molecule has 10 rings (SSSR count). The first-order valence-corrected chi connectivity index (χ1v) is 17.5. The molecule has 1 aliphatic heterocycles. The van der Waals surface area contributed by atoms with E-state index in [0.29, 0.717) is 62.7 Å². The Morgan fingerprint density at radius 3 is 1.60 bits per heavy atom. The van der Waals surface area contributed by atoms with Gasteiger partial charge in [0.05, 0.1) is 28.8 Å². The van der Waals surface area contributed by atoms with Gasteiger partial charge in [-0.2, -0.15) is 10.5 Å². The predicted molar refractivity (Wildman–Crippen MR) is 210 cm³/mol. The maximum atomic E-state index is 9.42. The molecule has 0 amide bonds. The summed E-state index contributed by atoms with van der Waals surface area (Å²) in [5.74, 6) is 3.48. The average Bonchev–Trinajstić information content (AvgIpc) is 3.61. The van der Waals surface area contributed by atoms with Gasteiger partial charge >= 0.3 is 0 Å². The number of aromatic nitrogens is 3. The number of furan rings is 1. The van der Waals surface area contributed by atoms with Crippen molar-refractivity contribution in [2.75, 3.05) is 0 Å². The maximum Gasteiger partial charge on any atom is 0.181 e. The highest BCUT2D eigenvalue weighted by Gasteiger charge is 2.26. The Labute approximate surface area is 314 Å². The Bertz CT molecular complexity index is 2950. The van der Waals surface area contributed by atoms with Crippen LogP contribution in [0, 0.1) is 22.7 Å². The molecule has 7 aromatic carbocycles. The van der Waals surface area contributed by atoms with E-state index in [0.717, 1.165) is 49.7 Å². The van der Waals surface area contributed by atoms with Crippen LogP contribution in [0.3, 0.4) is 0 Å². The second-order valence-electron chi connectivity index (χ2n) is 13.1. The molecule has 3 heterocycles.